The zero-order chi connectivity index (χ0) is 13.8. The van der Waals surface area contributed by atoms with Crippen LogP contribution in [0.5, 0.6) is 11.5 Å². The van der Waals surface area contributed by atoms with E-state index in [1.165, 1.54) is 31.1 Å². The molecular formula is C15H23NO2S. The minimum Gasteiger partial charge on any atom is -0.508 e. The molecule has 106 valence electrons. The van der Waals surface area contributed by atoms with Crippen LogP contribution < -0.4 is 5.32 Å². The Morgan fingerprint density at radius 1 is 1.26 bits per heavy atom. The van der Waals surface area contributed by atoms with Gasteiger partial charge in [0.05, 0.1) is 0 Å². The third-order valence-electron chi connectivity index (χ3n) is 3.70. The first kappa shape index (κ1) is 14.5. The van der Waals surface area contributed by atoms with E-state index in [0.29, 0.717) is 6.04 Å². The molecule has 3 unspecified atom stereocenters. The lowest BCUT2D eigenvalue weighted by Crippen LogP contribution is -2.29. The zero-order valence-electron chi connectivity index (χ0n) is 11.6. The summed E-state index contributed by atoms with van der Waals surface area (Å²) >= 11 is 2.05. The van der Waals surface area contributed by atoms with Crippen LogP contribution in [0.3, 0.4) is 0 Å². The highest BCUT2D eigenvalue weighted by molar-refractivity contribution is 7.99. The predicted molar refractivity (Wildman–Crippen MR) is 80.9 cm³/mol. The standard InChI is InChI=1S/C15H23NO2S/c1-3-19-15-5-4-12(8-15)16-10(2)11-6-13(17)9-14(18)7-11/h6-7,9-10,12,15-18H,3-5,8H2,1-2H3. The van der Waals surface area contributed by atoms with Gasteiger partial charge in [-0.3, -0.25) is 0 Å². The predicted octanol–water partition coefficient (Wildman–Crippen LogP) is 3.42. The number of thioether (sulfide) groups is 1. The molecule has 1 aliphatic rings. The SMILES string of the molecule is CCSC1CCC(NC(C)c2cc(O)cc(O)c2)C1. The van der Waals surface area contributed by atoms with Crippen molar-refractivity contribution >= 4 is 11.8 Å². The molecule has 2 rings (SSSR count). The van der Waals surface area contributed by atoms with Crippen LogP contribution in [0.15, 0.2) is 18.2 Å². The van der Waals surface area contributed by atoms with Gasteiger partial charge >= 0.3 is 0 Å². The third kappa shape index (κ3) is 4.05. The van der Waals surface area contributed by atoms with Crippen molar-refractivity contribution in [1.82, 2.24) is 5.32 Å². The molecule has 4 heteroatoms. The van der Waals surface area contributed by atoms with Crippen molar-refractivity contribution in [3.63, 3.8) is 0 Å². The molecule has 1 aromatic rings. The average molecular weight is 281 g/mol. The van der Waals surface area contributed by atoms with Crippen molar-refractivity contribution < 1.29 is 10.2 Å². The van der Waals surface area contributed by atoms with E-state index in [0.717, 1.165) is 10.8 Å². The van der Waals surface area contributed by atoms with Crippen LogP contribution in [0, 0.1) is 0 Å². The summed E-state index contributed by atoms with van der Waals surface area (Å²) in [6.07, 6.45) is 3.72. The second-order valence-electron chi connectivity index (χ2n) is 5.26. The lowest BCUT2D eigenvalue weighted by molar-refractivity contribution is 0.436. The largest absolute Gasteiger partial charge is 0.508 e. The van der Waals surface area contributed by atoms with E-state index < -0.39 is 0 Å². The van der Waals surface area contributed by atoms with Gasteiger partial charge in [0.2, 0.25) is 0 Å². The summed E-state index contributed by atoms with van der Waals surface area (Å²) in [4.78, 5) is 0. The van der Waals surface area contributed by atoms with Gasteiger partial charge in [-0.25, -0.2) is 0 Å². The first-order valence-corrected chi connectivity index (χ1v) is 8.04. The molecule has 3 N–H and O–H groups in total. The normalized spacial score (nSPS) is 24.5. The second-order valence-corrected chi connectivity index (χ2v) is 6.84. The van der Waals surface area contributed by atoms with Gasteiger partial charge < -0.3 is 15.5 Å². The van der Waals surface area contributed by atoms with Crippen molar-refractivity contribution in [2.45, 2.75) is 50.4 Å². The van der Waals surface area contributed by atoms with Crippen molar-refractivity contribution in [2.24, 2.45) is 0 Å². The van der Waals surface area contributed by atoms with E-state index in [4.69, 9.17) is 0 Å². The highest BCUT2D eigenvalue weighted by atomic mass is 32.2. The molecule has 0 aromatic heterocycles. The summed E-state index contributed by atoms with van der Waals surface area (Å²) in [5, 5.41) is 23.4. The number of phenolic OH excluding ortho intramolecular Hbond substituents is 2. The number of hydrogen-bond acceptors (Lipinski definition) is 4. The van der Waals surface area contributed by atoms with E-state index in [1.54, 1.807) is 12.1 Å². The van der Waals surface area contributed by atoms with Crippen molar-refractivity contribution in [3.05, 3.63) is 23.8 Å². The lowest BCUT2D eigenvalue weighted by atomic mass is 10.1. The van der Waals surface area contributed by atoms with Gasteiger partial charge in [0.25, 0.3) is 0 Å². The fraction of sp³-hybridized carbons (Fsp3) is 0.600. The molecule has 0 amide bonds. The molecule has 0 bridgehead atoms. The van der Waals surface area contributed by atoms with Crippen molar-refractivity contribution in [3.8, 4) is 11.5 Å². The number of phenols is 2. The Balaban J connectivity index is 1.92. The molecule has 0 radical (unpaired) electrons. The topological polar surface area (TPSA) is 52.5 Å². The van der Waals surface area contributed by atoms with E-state index >= 15 is 0 Å². The quantitative estimate of drug-likeness (QED) is 0.774. The van der Waals surface area contributed by atoms with Gasteiger partial charge in [0.1, 0.15) is 11.5 Å². The average Bonchev–Trinajstić information content (AvgIpc) is 2.76. The molecule has 3 nitrogen and oxygen atoms in total. The molecule has 1 aromatic carbocycles. The first-order valence-electron chi connectivity index (χ1n) is 6.99. The number of rotatable bonds is 5. The van der Waals surface area contributed by atoms with Crippen LogP contribution >= 0.6 is 11.8 Å². The van der Waals surface area contributed by atoms with Crippen LogP contribution in [0.25, 0.3) is 0 Å². The van der Waals surface area contributed by atoms with Gasteiger partial charge in [-0.1, -0.05) is 6.92 Å². The van der Waals surface area contributed by atoms with Gasteiger partial charge in [0, 0.05) is 23.4 Å². The van der Waals surface area contributed by atoms with Crippen LogP contribution in [-0.4, -0.2) is 27.3 Å². The highest BCUT2D eigenvalue weighted by Gasteiger charge is 2.25. The molecule has 3 atom stereocenters. The molecule has 0 aliphatic heterocycles. The van der Waals surface area contributed by atoms with E-state index in [1.807, 2.05) is 0 Å². The first-order chi connectivity index (χ1) is 9.08. The Bertz CT molecular complexity index is 404. The van der Waals surface area contributed by atoms with Crippen molar-refractivity contribution in [2.75, 3.05) is 5.75 Å². The second kappa shape index (κ2) is 6.53. The lowest BCUT2D eigenvalue weighted by Gasteiger charge is -2.20. The Morgan fingerprint density at radius 2 is 1.95 bits per heavy atom. The Hall–Kier alpha value is -0.870. The summed E-state index contributed by atoms with van der Waals surface area (Å²) in [5.74, 6) is 1.43. The Morgan fingerprint density at radius 3 is 2.58 bits per heavy atom. The minimum absolute atomic E-state index is 0.120. The van der Waals surface area contributed by atoms with Gasteiger partial charge in [-0.15, -0.1) is 0 Å². The Kier molecular flexibility index (Phi) is 4.99. The van der Waals surface area contributed by atoms with Gasteiger partial charge in [-0.05, 0) is 49.6 Å². The summed E-state index contributed by atoms with van der Waals surface area (Å²) in [5.41, 5.74) is 0.934. The monoisotopic (exact) mass is 281 g/mol. The fourth-order valence-corrected chi connectivity index (χ4v) is 3.94. The number of benzene rings is 1. The smallest absolute Gasteiger partial charge is 0.119 e. The number of hydrogen-bond donors (Lipinski definition) is 3. The third-order valence-corrected chi connectivity index (χ3v) is 4.93. The van der Waals surface area contributed by atoms with Crippen molar-refractivity contribution in [1.29, 1.82) is 0 Å². The van der Waals surface area contributed by atoms with E-state index in [9.17, 15) is 10.2 Å². The molecule has 0 heterocycles. The van der Waals surface area contributed by atoms with Crippen LogP contribution in [-0.2, 0) is 0 Å². The summed E-state index contributed by atoms with van der Waals surface area (Å²) < 4.78 is 0. The van der Waals surface area contributed by atoms with Crippen LogP contribution in [0.4, 0.5) is 0 Å². The minimum atomic E-state index is 0.120. The van der Waals surface area contributed by atoms with E-state index in [-0.39, 0.29) is 17.5 Å². The van der Waals surface area contributed by atoms with Crippen LogP contribution in [0.1, 0.15) is 44.7 Å². The maximum absolute atomic E-state index is 9.52. The summed E-state index contributed by atoms with van der Waals surface area (Å²) in [6.45, 7) is 4.29. The van der Waals surface area contributed by atoms with Crippen LogP contribution in [0.2, 0.25) is 0 Å². The molecule has 0 spiro atoms. The number of aromatic hydroxyl groups is 2. The molecular weight excluding hydrogens is 258 g/mol. The maximum atomic E-state index is 9.52. The molecule has 1 saturated carbocycles. The Labute approximate surface area is 119 Å². The summed E-state index contributed by atoms with van der Waals surface area (Å²) in [7, 11) is 0. The number of nitrogens with one attached hydrogen (secondary N) is 1. The molecule has 1 aliphatic carbocycles. The molecule has 1 fully saturated rings. The van der Waals surface area contributed by atoms with Gasteiger partial charge in [-0.2, -0.15) is 11.8 Å². The molecule has 19 heavy (non-hydrogen) atoms. The maximum Gasteiger partial charge on any atom is 0.119 e. The highest BCUT2D eigenvalue weighted by Crippen LogP contribution is 2.32. The van der Waals surface area contributed by atoms with Gasteiger partial charge in [0.15, 0.2) is 0 Å². The zero-order valence-corrected chi connectivity index (χ0v) is 12.4. The molecule has 0 saturated heterocycles. The van der Waals surface area contributed by atoms with E-state index in [2.05, 4.69) is 30.9 Å². The summed E-state index contributed by atoms with van der Waals surface area (Å²) in [6, 6.07) is 5.48. The fourth-order valence-electron chi connectivity index (χ4n) is 2.80.